The second-order valence-corrected chi connectivity index (χ2v) is 17.0. The number of aliphatic imine (C=N–C) groups is 1. The Morgan fingerprint density at radius 3 is 2.21 bits per heavy atom. The maximum atomic E-state index is 14.6. The van der Waals surface area contributed by atoms with Crippen LogP contribution in [0.15, 0.2) is 63.5 Å². The van der Waals surface area contributed by atoms with Gasteiger partial charge in [-0.15, -0.1) is 0 Å². The van der Waals surface area contributed by atoms with Gasteiger partial charge in [-0.2, -0.15) is 5.10 Å². The van der Waals surface area contributed by atoms with Crippen molar-refractivity contribution < 1.29 is 18.0 Å². The third kappa shape index (κ3) is 9.63. The standard InChI is InChI=1S/C34H50N6O3S.CH3NO/c1-32(2,3)18-17-28(24-13-11-23(12-14-24)21-29(35)38-39-36)40-31(41)30(25-9-8-10-27(22-25)44(7,42)43)37-34(40)19-15-26(16-20-34)33(4,5)6;2-1-3/h8-14,22,26,28,39H,15-21,36H2,1-7H3,(H2,35,38);1H,(H2,2,3). The molecule has 12 heteroatoms. The van der Waals surface area contributed by atoms with Gasteiger partial charge in [0, 0.05) is 18.2 Å². The van der Waals surface area contributed by atoms with Gasteiger partial charge in [0.1, 0.15) is 17.2 Å². The number of hydrogen-bond acceptors (Lipinski definition) is 8. The Morgan fingerprint density at radius 2 is 1.70 bits per heavy atom. The Kier molecular flexibility index (Phi) is 12.0. The van der Waals surface area contributed by atoms with Crippen LogP contribution in [-0.2, 0) is 25.8 Å². The summed E-state index contributed by atoms with van der Waals surface area (Å²) in [6, 6.07) is 14.6. The zero-order valence-electron chi connectivity index (χ0n) is 28.9. The normalized spacial score (nSPS) is 21.1. The number of nitrogens with two attached hydrogens (primary N) is 3. The first-order chi connectivity index (χ1) is 21.8. The number of hydrogen-bond donors (Lipinski definition) is 4. The van der Waals surface area contributed by atoms with Crippen LogP contribution in [0.25, 0.3) is 0 Å². The molecule has 1 saturated carbocycles. The summed E-state index contributed by atoms with van der Waals surface area (Å²) < 4.78 is 24.8. The molecular weight excluding hydrogens is 614 g/mol. The zero-order chi connectivity index (χ0) is 35.2. The van der Waals surface area contributed by atoms with Crippen molar-refractivity contribution in [3.63, 3.8) is 0 Å². The Labute approximate surface area is 280 Å². The summed E-state index contributed by atoms with van der Waals surface area (Å²) in [6.45, 7) is 13.5. The van der Waals surface area contributed by atoms with E-state index in [4.69, 9.17) is 21.4 Å². The Hall–Kier alpha value is -3.77. The van der Waals surface area contributed by atoms with Crippen LogP contribution in [-0.4, -0.2) is 49.1 Å². The molecule has 7 N–H and O–H groups in total. The fraction of sp³-hybridized carbons (Fsp3) is 0.543. The smallest absolute Gasteiger partial charge is 0.275 e. The molecule has 2 aliphatic rings. The van der Waals surface area contributed by atoms with Gasteiger partial charge >= 0.3 is 0 Å². The molecule has 1 spiro atoms. The van der Waals surface area contributed by atoms with E-state index >= 15 is 0 Å². The number of rotatable bonds is 9. The van der Waals surface area contributed by atoms with E-state index in [0.717, 1.165) is 49.7 Å². The van der Waals surface area contributed by atoms with Gasteiger partial charge in [0.05, 0.1) is 10.9 Å². The van der Waals surface area contributed by atoms with Crippen LogP contribution >= 0.6 is 0 Å². The van der Waals surface area contributed by atoms with E-state index in [1.165, 1.54) is 6.26 Å². The lowest BCUT2D eigenvalue weighted by atomic mass is 9.69. The lowest BCUT2D eigenvalue weighted by Crippen LogP contribution is -2.51. The third-order valence-corrected chi connectivity index (χ3v) is 10.3. The molecule has 2 aromatic rings. The molecule has 258 valence electrons. The fourth-order valence-electron chi connectivity index (χ4n) is 6.61. The summed E-state index contributed by atoms with van der Waals surface area (Å²) in [5.41, 5.74) is 14.8. The fourth-order valence-corrected chi connectivity index (χ4v) is 7.28. The lowest BCUT2D eigenvalue weighted by molar-refractivity contribution is -0.134. The highest BCUT2D eigenvalue weighted by atomic mass is 32.2. The number of benzene rings is 2. The van der Waals surface area contributed by atoms with E-state index in [0.29, 0.717) is 29.4 Å². The van der Waals surface area contributed by atoms with Crippen LogP contribution in [0, 0.1) is 16.7 Å². The number of amidine groups is 1. The van der Waals surface area contributed by atoms with E-state index in [1.807, 2.05) is 17.0 Å². The van der Waals surface area contributed by atoms with Crippen molar-refractivity contribution in [2.24, 2.45) is 44.2 Å². The molecule has 47 heavy (non-hydrogen) atoms. The summed E-state index contributed by atoms with van der Waals surface area (Å²) in [7, 11) is -3.45. The SMILES string of the molecule is CC(C)(C)CCC(c1ccc(C/C(N)=N/NN)cc1)N1C(=O)C(c2cccc(S(C)(=O)=O)c2)=NC12CCC(C(C)(C)C)CC2.NC=O. The number of primary amides is 1. The van der Waals surface area contributed by atoms with Gasteiger partial charge in [-0.3, -0.25) is 14.6 Å². The van der Waals surface area contributed by atoms with Crippen LogP contribution in [0.1, 0.15) is 103 Å². The van der Waals surface area contributed by atoms with E-state index in [1.54, 1.807) is 24.3 Å². The average Bonchev–Trinajstić information content (AvgIpc) is 3.24. The van der Waals surface area contributed by atoms with Gasteiger partial charge in [0.2, 0.25) is 6.41 Å². The van der Waals surface area contributed by atoms with Crippen molar-refractivity contribution in [1.82, 2.24) is 10.4 Å². The second-order valence-electron chi connectivity index (χ2n) is 15.0. The molecule has 2 amide bonds. The van der Waals surface area contributed by atoms with Crippen molar-refractivity contribution in [3.05, 3.63) is 65.2 Å². The van der Waals surface area contributed by atoms with Gasteiger partial charge in [0.15, 0.2) is 9.84 Å². The number of amides is 2. The number of hydrazone groups is 1. The Morgan fingerprint density at radius 1 is 1.11 bits per heavy atom. The molecule has 2 aromatic carbocycles. The number of carbonyl (C=O) groups excluding carboxylic acids is 2. The number of sulfone groups is 1. The van der Waals surface area contributed by atoms with Crippen LogP contribution < -0.4 is 22.8 Å². The van der Waals surface area contributed by atoms with E-state index in [-0.39, 0.29) is 34.1 Å². The summed E-state index contributed by atoms with van der Waals surface area (Å²) in [6.07, 6.45) is 7.01. The zero-order valence-corrected chi connectivity index (χ0v) is 29.7. The molecule has 0 bridgehead atoms. The molecule has 4 rings (SSSR count). The first-order valence-corrected chi connectivity index (χ1v) is 18.0. The molecule has 1 aliphatic heterocycles. The number of carbonyl (C=O) groups is 2. The van der Waals surface area contributed by atoms with Crippen molar-refractivity contribution in [2.75, 3.05) is 6.26 Å². The largest absolute Gasteiger partial charge is 0.385 e. The molecule has 1 heterocycles. The first-order valence-electron chi connectivity index (χ1n) is 16.1. The quantitative estimate of drug-likeness (QED) is 0.0989. The summed E-state index contributed by atoms with van der Waals surface area (Å²) in [5, 5.41) is 3.86. The third-order valence-electron chi connectivity index (χ3n) is 9.17. The van der Waals surface area contributed by atoms with Crippen LogP contribution in [0.3, 0.4) is 0 Å². The summed E-state index contributed by atoms with van der Waals surface area (Å²) >= 11 is 0. The van der Waals surface area contributed by atoms with Crippen molar-refractivity contribution in [2.45, 2.75) is 103 Å². The summed E-state index contributed by atoms with van der Waals surface area (Å²) in [4.78, 5) is 30.7. The van der Waals surface area contributed by atoms with Crippen LogP contribution in [0.4, 0.5) is 0 Å². The maximum Gasteiger partial charge on any atom is 0.275 e. The molecule has 1 unspecified atom stereocenters. The second kappa shape index (κ2) is 15.0. The minimum absolute atomic E-state index is 0.0612. The van der Waals surface area contributed by atoms with Crippen LogP contribution in [0.5, 0.6) is 0 Å². The molecule has 1 aliphatic carbocycles. The van der Waals surface area contributed by atoms with Crippen molar-refractivity contribution in [3.8, 4) is 0 Å². The summed E-state index contributed by atoms with van der Waals surface area (Å²) in [5.74, 6) is 6.05. The van der Waals surface area contributed by atoms with Gasteiger partial charge in [-0.05, 0) is 78.5 Å². The van der Waals surface area contributed by atoms with Crippen molar-refractivity contribution in [1.29, 1.82) is 0 Å². The van der Waals surface area contributed by atoms with Gasteiger partial charge < -0.3 is 16.4 Å². The molecule has 11 nitrogen and oxygen atoms in total. The molecule has 0 radical (unpaired) electrons. The minimum Gasteiger partial charge on any atom is -0.385 e. The number of hydrazine groups is 1. The van der Waals surface area contributed by atoms with E-state index in [2.05, 4.69) is 70.0 Å². The average molecular weight is 668 g/mol. The molecule has 1 fully saturated rings. The lowest BCUT2D eigenvalue weighted by Gasteiger charge is -2.47. The maximum absolute atomic E-state index is 14.6. The van der Waals surface area contributed by atoms with Crippen molar-refractivity contribution >= 4 is 33.7 Å². The van der Waals surface area contributed by atoms with Gasteiger partial charge in [-0.1, -0.05) is 77.9 Å². The topological polar surface area (TPSA) is 186 Å². The predicted molar refractivity (Wildman–Crippen MR) is 188 cm³/mol. The molecule has 0 saturated heterocycles. The molecule has 1 atom stereocenters. The van der Waals surface area contributed by atoms with Gasteiger partial charge in [0.25, 0.3) is 5.91 Å². The van der Waals surface area contributed by atoms with E-state index < -0.39 is 15.5 Å². The minimum atomic E-state index is -3.45. The monoisotopic (exact) mass is 667 g/mol. The first kappa shape index (κ1) is 37.7. The Balaban J connectivity index is 0.00000192. The van der Waals surface area contributed by atoms with Gasteiger partial charge in [-0.25, -0.2) is 19.8 Å². The predicted octanol–water partition coefficient (Wildman–Crippen LogP) is 4.60. The van der Waals surface area contributed by atoms with Crippen LogP contribution in [0.2, 0.25) is 0 Å². The highest BCUT2D eigenvalue weighted by Gasteiger charge is 2.52. The number of nitrogens with one attached hydrogen (secondary N) is 1. The molecular formula is C35H53N7O4S. The highest BCUT2D eigenvalue weighted by molar-refractivity contribution is 7.90. The molecule has 0 aromatic heterocycles. The highest BCUT2D eigenvalue weighted by Crippen LogP contribution is 2.50. The number of nitrogens with zero attached hydrogens (tertiary/aromatic N) is 3. The Bertz CT molecular complexity index is 1560. The van der Waals surface area contributed by atoms with E-state index in [9.17, 15) is 13.2 Å².